The van der Waals surface area contributed by atoms with Gasteiger partial charge in [0.1, 0.15) is 0 Å². The van der Waals surface area contributed by atoms with Crippen molar-refractivity contribution in [3.8, 4) is 0 Å². The van der Waals surface area contributed by atoms with Crippen LogP contribution >= 0.6 is 0 Å². The lowest BCUT2D eigenvalue weighted by molar-refractivity contribution is -0.108. The molecule has 3 nitrogen and oxygen atoms in total. The van der Waals surface area contributed by atoms with Crippen LogP contribution in [0.25, 0.3) is 0 Å². The number of carbonyl (C=O) groups is 1. The number of allylic oxidation sites excluding steroid dienone is 1. The number of hydrogen-bond acceptors (Lipinski definition) is 3. The zero-order chi connectivity index (χ0) is 7.68. The van der Waals surface area contributed by atoms with Gasteiger partial charge in [0, 0.05) is 5.57 Å². The summed E-state index contributed by atoms with van der Waals surface area (Å²) in [5, 5.41) is 0. The van der Waals surface area contributed by atoms with Crippen LogP contribution in [0.5, 0.6) is 0 Å². The zero-order valence-corrected chi connectivity index (χ0v) is 5.82. The number of hydrogen-bond donors (Lipinski definition) is 0. The van der Waals surface area contributed by atoms with E-state index in [0.29, 0.717) is 12.4 Å². The molecule has 0 saturated heterocycles. The van der Waals surface area contributed by atoms with Crippen molar-refractivity contribution < 1.29 is 4.79 Å². The van der Waals surface area contributed by atoms with Crippen LogP contribution in [0.4, 0.5) is 0 Å². The molecule has 2 heterocycles. The zero-order valence-electron chi connectivity index (χ0n) is 5.82. The summed E-state index contributed by atoms with van der Waals surface area (Å²) in [7, 11) is 0. The van der Waals surface area contributed by atoms with Crippen LogP contribution in [0.3, 0.4) is 0 Å². The van der Waals surface area contributed by atoms with Crippen LogP contribution in [0.15, 0.2) is 33.8 Å². The Morgan fingerprint density at radius 3 is 3.27 bits per heavy atom. The molecule has 0 atom stereocenters. The van der Waals surface area contributed by atoms with Gasteiger partial charge >= 0.3 is 0 Å². The number of nitrogens with zero attached hydrogens (tertiary/aromatic N) is 2. The molecule has 2 rings (SSSR count). The van der Waals surface area contributed by atoms with Gasteiger partial charge in [-0.2, -0.15) is 0 Å². The first-order chi connectivity index (χ1) is 5.36. The second kappa shape index (κ2) is 2.27. The minimum absolute atomic E-state index is 0.0644. The first-order valence-electron chi connectivity index (χ1n) is 3.37. The second-order valence-corrected chi connectivity index (χ2v) is 2.33. The van der Waals surface area contributed by atoms with Crippen molar-refractivity contribution in [3.63, 3.8) is 0 Å². The van der Waals surface area contributed by atoms with E-state index in [4.69, 9.17) is 0 Å². The maximum atomic E-state index is 10.8. The van der Waals surface area contributed by atoms with Gasteiger partial charge in [-0.3, -0.25) is 9.79 Å². The molecule has 0 aromatic heterocycles. The number of carbonyl (C=O) groups excluding carboxylic acids is 1. The number of rotatable bonds is 0. The highest BCUT2D eigenvalue weighted by Gasteiger charge is 2.11. The van der Waals surface area contributed by atoms with Crippen LogP contribution in [0, 0.1) is 0 Å². The Morgan fingerprint density at radius 2 is 2.36 bits per heavy atom. The molecule has 2 aliphatic heterocycles. The SMILES string of the molecule is O=C1C=NC2=NCC=CC2=C1. The van der Waals surface area contributed by atoms with Crippen LogP contribution in [-0.4, -0.2) is 24.4 Å². The van der Waals surface area contributed by atoms with Crippen molar-refractivity contribution in [3.05, 3.63) is 23.8 Å². The van der Waals surface area contributed by atoms with E-state index < -0.39 is 0 Å². The quantitative estimate of drug-likeness (QED) is 0.491. The summed E-state index contributed by atoms with van der Waals surface area (Å²) in [5.74, 6) is 0.609. The predicted octanol–water partition coefficient (Wildman–Crippen LogP) is 0.535. The van der Waals surface area contributed by atoms with Crippen molar-refractivity contribution in [1.29, 1.82) is 0 Å². The number of aliphatic imine (C=N–C) groups is 2. The van der Waals surface area contributed by atoms with Crippen molar-refractivity contribution in [1.82, 2.24) is 0 Å². The topological polar surface area (TPSA) is 41.8 Å². The summed E-state index contributed by atoms with van der Waals surface area (Å²) < 4.78 is 0. The largest absolute Gasteiger partial charge is 0.288 e. The lowest BCUT2D eigenvalue weighted by Gasteiger charge is -2.08. The molecule has 0 spiro atoms. The predicted molar refractivity (Wildman–Crippen MR) is 43.0 cm³/mol. The first-order valence-corrected chi connectivity index (χ1v) is 3.37. The molecule has 54 valence electrons. The fraction of sp³-hybridized carbons (Fsp3) is 0.125. The smallest absolute Gasteiger partial charge is 0.197 e. The molecule has 0 unspecified atom stereocenters. The third-order valence-electron chi connectivity index (χ3n) is 1.51. The fourth-order valence-electron chi connectivity index (χ4n) is 1.03. The van der Waals surface area contributed by atoms with E-state index in [1.165, 1.54) is 6.21 Å². The Bertz CT molecular complexity index is 321. The van der Waals surface area contributed by atoms with E-state index >= 15 is 0 Å². The summed E-state index contributed by atoms with van der Waals surface area (Å²) in [6, 6.07) is 0. The molecule has 0 aromatic carbocycles. The summed E-state index contributed by atoms with van der Waals surface area (Å²) in [4.78, 5) is 18.8. The third-order valence-corrected chi connectivity index (χ3v) is 1.51. The first kappa shape index (κ1) is 6.22. The molecule has 0 amide bonds. The summed E-state index contributed by atoms with van der Waals surface area (Å²) in [5.41, 5.74) is 0.823. The normalized spacial score (nSPS) is 20.9. The van der Waals surface area contributed by atoms with Crippen LogP contribution in [0.2, 0.25) is 0 Å². The van der Waals surface area contributed by atoms with E-state index in [1.807, 2.05) is 12.2 Å². The molecular weight excluding hydrogens is 140 g/mol. The van der Waals surface area contributed by atoms with Crippen molar-refractivity contribution in [2.75, 3.05) is 6.54 Å². The Morgan fingerprint density at radius 1 is 1.45 bits per heavy atom. The van der Waals surface area contributed by atoms with Gasteiger partial charge in [0.2, 0.25) is 0 Å². The van der Waals surface area contributed by atoms with E-state index in [-0.39, 0.29) is 5.78 Å². The third kappa shape index (κ3) is 1.05. The average molecular weight is 146 g/mol. The minimum atomic E-state index is -0.0644. The lowest BCUT2D eigenvalue weighted by atomic mass is 10.1. The fourth-order valence-corrected chi connectivity index (χ4v) is 1.03. The van der Waals surface area contributed by atoms with Crippen molar-refractivity contribution >= 4 is 17.8 Å². The van der Waals surface area contributed by atoms with Gasteiger partial charge in [-0.05, 0) is 6.08 Å². The van der Waals surface area contributed by atoms with Crippen molar-refractivity contribution in [2.24, 2.45) is 9.98 Å². The van der Waals surface area contributed by atoms with Gasteiger partial charge in [0.15, 0.2) is 11.6 Å². The Hall–Kier alpha value is -1.51. The molecule has 0 aliphatic carbocycles. The summed E-state index contributed by atoms with van der Waals surface area (Å²) >= 11 is 0. The highest BCUT2D eigenvalue weighted by atomic mass is 16.1. The van der Waals surface area contributed by atoms with E-state index in [1.54, 1.807) is 6.08 Å². The molecular formula is C8H6N2O. The standard InChI is InChI=1S/C8H6N2O/c11-7-4-6-2-1-3-9-8(6)10-5-7/h1-2,4-5H,3H2. The molecule has 0 fully saturated rings. The van der Waals surface area contributed by atoms with E-state index in [0.717, 1.165) is 5.57 Å². The highest BCUT2D eigenvalue weighted by molar-refractivity contribution is 6.38. The molecule has 0 radical (unpaired) electrons. The van der Waals surface area contributed by atoms with Gasteiger partial charge < -0.3 is 0 Å². The van der Waals surface area contributed by atoms with E-state index in [9.17, 15) is 4.79 Å². The van der Waals surface area contributed by atoms with Gasteiger partial charge in [-0.15, -0.1) is 0 Å². The lowest BCUT2D eigenvalue weighted by Crippen LogP contribution is -2.12. The Labute approximate surface area is 63.9 Å². The van der Waals surface area contributed by atoms with Crippen molar-refractivity contribution in [2.45, 2.75) is 0 Å². The highest BCUT2D eigenvalue weighted by Crippen LogP contribution is 2.10. The van der Waals surface area contributed by atoms with Crippen LogP contribution < -0.4 is 0 Å². The summed E-state index contributed by atoms with van der Waals surface area (Å²) in [6.45, 7) is 0.665. The molecule has 11 heavy (non-hydrogen) atoms. The monoisotopic (exact) mass is 146 g/mol. The number of dihydropyridines is 2. The average Bonchev–Trinajstić information content (AvgIpc) is 2.04. The van der Waals surface area contributed by atoms with Crippen LogP contribution in [0.1, 0.15) is 0 Å². The molecule has 0 bridgehead atoms. The number of ketones is 1. The number of amidine groups is 1. The van der Waals surface area contributed by atoms with Gasteiger partial charge in [0.05, 0.1) is 12.8 Å². The van der Waals surface area contributed by atoms with Gasteiger partial charge in [-0.25, -0.2) is 4.99 Å². The molecule has 3 heteroatoms. The maximum absolute atomic E-state index is 10.8. The molecule has 0 N–H and O–H groups in total. The minimum Gasteiger partial charge on any atom is -0.288 e. The molecule has 2 aliphatic rings. The maximum Gasteiger partial charge on any atom is 0.197 e. The van der Waals surface area contributed by atoms with Gasteiger partial charge in [-0.1, -0.05) is 12.2 Å². The number of fused-ring (bicyclic) bond motifs is 1. The second-order valence-electron chi connectivity index (χ2n) is 2.33. The van der Waals surface area contributed by atoms with Gasteiger partial charge in [0.25, 0.3) is 0 Å². The molecule has 0 saturated carbocycles. The van der Waals surface area contributed by atoms with Crippen LogP contribution in [-0.2, 0) is 4.79 Å². The van der Waals surface area contributed by atoms with E-state index in [2.05, 4.69) is 9.98 Å². The molecule has 0 aromatic rings. The summed E-state index contributed by atoms with van der Waals surface area (Å²) in [6.07, 6.45) is 6.61. The Balaban J connectivity index is 2.44. The Kier molecular flexibility index (Phi) is 1.28.